The first kappa shape index (κ1) is 20.0. The molecule has 0 aliphatic rings. The van der Waals surface area contributed by atoms with Crippen molar-refractivity contribution in [2.24, 2.45) is 0 Å². The van der Waals surface area contributed by atoms with E-state index in [2.05, 4.69) is 36.6 Å². The Morgan fingerprint density at radius 2 is 1.84 bits per heavy atom. The predicted molar refractivity (Wildman–Crippen MR) is 126 cm³/mol. The zero-order valence-corrected chi connectivity index (χ0v) is 18.5. The van der Waals surface area contributed by atoms with Gasteiger partial charge in [-0.25, -0.2) is 9.97 Å². The number of oxazole rings is 1. The second-order valence-electron chi connectivity index (χ2n) is 8.24. The number of hydrogen-bond donors (Lipinski definition) is 0. The molecule has 0 saturated carbocycles. The van der Waals surface area contributed by atoms with E-state index >= 15 is 0 Å². The molecule has 0 amide bonds. The lowest BCUT2D eigenvalue weighted by molar-refractivity contribution is 0.617. The van der Waals surface area contributed by atoms with Gasteiger partial charge in [-0.1, -0.05) is 37.3 Å². The minimum Gasteiger partial charge on any atom is -0.436 e. The van der Waals surface area contributed by atoms with Crippen LogP contribution in [0.5, 0.6) is 0 Å². The third kappa shape index (κ3) is 3.34. The van der Waals surface area contributed by atoms with Crippen molar-refractivity contribution < 1.29 is 4.42 Å². The largest absolute Gasteiger partial charge is 0.436 e. The Balaban J connectivity index is 1.70. The van der Waals surface area contributed by atoms with Crippen molar-refractivity contribution >= 4 is 22.1 Å². The summed E-state index contributed by atoms with van der Waals surface area (Å²) in [6.07, 6.45) is 1.87. The highest BCUT2D eigenvalue weighted by Gasteiger charge is 2.17. The summed E-state index contributed by atoms with van der Waals surface area (Å²) in [6, 6.07) is 20.3. The first-order chi connectivity index (χ1) is 15.6. The van der Waals surface area contributed by atoms with Crippen LogP contribution >= 0.6 is 0 Å². The van der Waals surface area contributed by atoms with Crippen LogP contribution in [0.1, 0.15) is 41.4 Å². The van der Waals surface area contributed by atoms with Gasteiger partial charge in [-0.15, -0.1) is 0 Å². The maximum Gasteiger partial charge on any atom is 0.227 e. The Morgan fingerprint density at radius 1 is 1.00 bits per heavy atom. The van der Waals surface area contributed by atoms with Crippen LogP contribution in [-0.4, -0.2) is 14.5 Å². The van der Waals surface area contributed by atoms with Gasteiger partial charge >= 0.3 is 0 Å². The van der Waals surface area contributed by atoms with Crippen molar-refractivity contribution in [2.45, 2.75) is 40.2 Å². The van der Waals surface area contributed by atoms with Crippen LogP contribution in [0.25, 0.3) is 33.6 Å². The number of imidazole rings is 1. The summed E-state index contributed by atoms with van der Waals surface area (Å²) in [6.45, 7) is 6.87. The average Bonchev–Trinajstić information content (AvgIpc) is 3.38. The standard InChI is InChI=1S/C27H24N4O/c1-4-8-24-30-25-18(3)13-21(27-29-22-12-7-9-17(2)26(22)32-27)14-23(25)31(24)16-20-11-6-5-10-19(20)15-28/h5-7,9-14H,4,8,16H2,1-3H3. The fourth-order valence-electron chi connectivity index (χ4n) is 4.30. The van der Waals surface area contributed by atoms with Crippen LogP contribution in [0.3, 0.4) is 0 Å². The molecule has 2 aromatic heterocycles. The van der Waals surface area contributed by atoms with Gasteiger partial charge in [0.2, 0.25) is 5.89 Å². The van der Waals surface area contributed by atoms with Gasteiger partial charge in [0.05, 0.1) is 29.2 Å². The highest BCUT2D eigenvalue weighted by molar-refractivity contribution is 5.86. The molecule has 0 saturated heterocycles. The van der Waals surface area contributed by atoms with Gasteiger partial charge in [0.1, 0.15) is 11.3 Å². The Hall–Kier alpha value is -3.91. The van der Waals surface area contributed by atoms with E-state index in [1.807, 2.05) is 49.4 Å². The Labute approximate surface area is 187 Å². The van der Waals surface area contributed by atoms with Crippen LogP contribution in [0, 0.1) is 25.2 Å². The Bertz CT molecular complexity index is 1500. The zero-order chi connectivity index (χ0) is 22.2. The van der Waals surface area contributed by atoms with Gasteiger partial charge < -0.3 is 8.98 Å². The molecule has 0 atom stereocenters. The van der Waals surface area contributed by atoms with E-state index in [0.29, 0.717) is 18.0 Å². The molecule has 0 radical (unpaired) electrons. The quantitative estimate of drug-likeness (QED) is 0.333. The van der Waals surface area contributed by atoms with Crippen molar-refractivity contribution in [1.29, 1.82) is 5.26 Å². The number of hydrogen-bond acceptors (Lipinski definition) is 4. The number of nitriles is 1. The maximum absolute atomic E-state index is 9.57. The summed E-state index contributed by atoms with van der Waals surface area (Å²) >= 11 is 0. The maximum atomic E-state index is 9.57. The first-order valence-electron chi connectivity index (χ1n) is 10.9. The molecular formula is C27H24N4O. The number of fused-ring (bicyclic) bond motifs is 2. The lowest BCUT2D eigenvalue weighted by Gasteiger charge is -2.11. The van der Waals surface area contributed by atoms with Crippen LogP contribution in [0.15, 0.2) is 59.0 Å². The van der Waals surface area contributed by atoms with Gasteiger partial charge in [0, 0.05) is 12.0 Å². The molecule has 0 aliphatic heterocycles. The summed E-state index contributed by atoms with van der Waals surface area (Å²) in [5.74, 6) is 1.64. The third-order valence-electron chi connectivity index (χ3n) is 5.92. The highest BCUT2D eigenvalue weighted by atomic mass is 16.3. The van der Waals surface area contributed by atoms with E-state index in [9.17, 15) is 5.26 Å². The van der Waals surface area contributed by atoms with Gasteiger partial charge in [-0.3, -0.25) is 0 Å². The SMILES string of the molecule is CCCc1nc2c(C)cc(-c3nc4cccc(C)c4o3)cc2n1Cc1ccccc1C#N. The van der Waals surface area contributed by atoms with E-state index in [1.165, 1.54) is 0 Å². The van der Waals surface area contributed by atoms with Crippen molar-refractivity contribution in [3.05, 3.63) is 82.7 Å². The minimum absolute atomic E-state index is 0.602. The molecular weight excluding hydrogens is 396 g/mol. The zero-order valence-electron chi connectivity index (χ0n) is 18.5. The van der Waals surface area contributed by atoms with E-state index in [4.69, 9.17) is 14.4 Å². The summed E-state index contributed by atoms with van der Waals surface area (Å²) in [7, 11) is 0. The smallest absolute Gasteiger partial charge is 0.227 e. The second-order valence-corrected chi connectivity index (χ2v) is 8.24. The Kier molecular flexibility index (Phi) is 4.99. The van der Waals surface area contributed by atoms with Gasteiger partial charge in [0.25, 0.3) is 0 Å². The molecule has 0 unspecified atom stereocenters. The molecule has 5 aromatic rings. The summed E-state index contributed by atoms with van der Waals surface area (Å²) in [5, 5.41) is 9.57. The van der Waals surface area contributed by atoms with Crippen LogP contribution in [0.2, 0.25) is 0 Å². The molecule has 2 heterocycles. The number of para-hydroxylation sites is 1. The first-order valence-corrected chi connectivity index (χ1v) is 10.9. The third-order valence-corrected chi connectivity index (χ3v) is 5.92. The molecule has 0 spiro atoms. The summed E-state index contributed by atoms with van der Waals surface area (Å²) in [4.78, 5) is 9.71. The molecule has 3 aromatic carbocycles. The Morgan fingerprint density at radius 3 is 2.62 bits per heavy atom. The fourth-order valence-corrected chi connectivity index (χ4v) is 4.30. The number of aromatic nitrogens is 3. The van der Waals surface area contributed by atoms with E-state index in [1.54, 1.807) is 0 Å². The second kappa shape index (κ2) is 7.97. The van der Waals surface area contributed by atoms with Crippen LogP contribution in [-0.2, 0) is 13.0 Å². The summed E-state index contributed by atoms with van der Waals surface area (Å²) < 4.78 is 8.39. The van der Waals surface area contributed by atoms with Crippen molar-refractivity contribution in [1.82, 2.24) is 14.5 Å². The van der Waals surface area contributed by atoms with Gasteiger partial charge in [-0.05, 0) is 61.2 Å². The lowest BCUT2D eigenvalue weighted by Crippen LogP contribution is -2.06. The average molecular weight is 421 g/mol. The number of aryl methyl sites for hydroxylation is 3. The molecule has 0 fully saturated rings. The monoisotopic (exact) mass is 420 g/mol. The van der Waals surface area contributed by atoms with Crippen molar-refractivity contribution in [2.75, 3.05) is 0 Å². The van der Waals surface area contributed by atoms with Crippen LogP contribution < -0.4 is 0 Å². The molecule has 0 N–H and O–H groups in total. The van der Waals surface area contributed by atoms with E-state index < -0.39 is 0 Å². The summed E-state index contributed by atoms with van der Waals surface area (Å²) in [5.41, 5.74) is 8.48. The van der Waals surface area contributed by atoms with Gasteiger partial charge in [0.15, 0.2) is 5.58 Å². The topological polar surface area (TPSA) is 67.6 Å². The minimum atomic E-state index is 0.602. The van der Waals surface area contributed by atoms with Gasteiger partial charge in [-0.2, -0.15) is 5.26 Å². The number of rotatable bonds is 5. The molecule has 5 nitrogen and oxygen atoms in total. The molecule has 0 bridgehead atoms. The number of benzene rings is 3. The fraction of sp³-hybridized carbons (Fsp3) is 0.222. The molecule has 5 heteroatoms. The van der Waals surface area contributed by atoms with Crippen LogP contribution in [0.4, 0.5) is 0 Å². The van der Waals surface area contributed by atoms with E-state index in [-0.39, 0.29) is 0 Å². The normalized spacial score (nSPS) is 11.3. The predicted octanol–water partition coefficient (Wildman–Crippen LogP) is 6.33. The van der Waals surface area contributed by atoms with Crippen molar-refractivity contribution in [3.63, 3.8) is 0 Å². The number of nitrogens with zero attached hydrogens (tertiary/aromatic N) is 4. The molecule has 5 rings (SSSR count). The van der Waals surface area contributed by atoms with E-state index in [0.717, 1.165) is 63.1 Å². The molecule has 32 heavy (non-hydrogen) atoms. The van der Waals surface area contributed by atoms with Crippen molar-refractivity contribution in [3.8, 4) is 17.5 Å². The highest BCUT2D eigenvalue weighted by Crippen LogP contribution is 2.31. The lowest BCUT2D eigenvalue weighted by atomic mass is 10.1. The molecule has 158 valence electrons. The molecule has 0 aliphatic carbocycles.